The van der Waals surface area contributed by atoms with Crippen LogP contribution in [0, 0.1) is 0 Å². The van der Waals surface area contributed by atoms with Crippen LogP contribution in [0.5, 0.6) is 0 Å². The van der Waals surface area contributed by atoms with Crippen molar-refractivity contribution in [1.82, 2.24) is 0 Å². The van der Waals surface area contributed by atoms with Crippen LogP contribution >= 0.6 is 7.60 Å². The van der Waals surface area contributed by atoms with E-state index in [0.29, 0.717) is 5.56 Å². The third-order valence-corrected chi connectivity index (χ3v) is 5.88. The average Bonchev–Trinajstić information content (AvgIpc) is 2.39. The van der Waals surface area contributed by atoms with E-state index < -0.39 is 17.7 Å². The topological polar surface area (TPSA) is 78.9 Å². The Kier molecular flexibility index (Phi) is 6.36. The van der Waals surface area contributed by atoms with Gasteiger partial charge in [0, 0.05) is 0 Å². The molecule has 8 heteroatoms. The van der Waals surface area contributed by atoms with Crippen LogP contribution in [0.3, 0.4) is 0 Å². The van der Waals surface area contributed by atoms with Crippen LogP contribution in [-0.2, 0) is 34.1 Å². The Morgan fingerprint density at radius 2 is 1.65 bits per heavy atom. The van der Waals surface area contributed by atoms with Crippen LogP contribution in [0.4, 0.5) is 0 Å². The lowest BCUT2D eigenvalue weighted by Gasteiger charge is -2.18. The fourth-order valence-corrected chi connectivity index (χ4v) is 4.43. The first-order valence-corrected chi connectivity index (χ1v) is 9.28. The molecule has 0 heterocycles. The highest BCUT2D eigenvalue weighted by Crippen LogP contribution is 2.51. The molecule has 0 spiro atoms. The summed E-state index contributed by atoms with van der Waals surface area (Å²) in [5.74, 6) is 0. The van der Waals surface area contributed by atoms with Crippen LogP contribution in [0.15, 0.2) is 29.2 Å². The summed E-state index contributed by atoms with van der Waals surface area (Å²) >= 11 is 0. The fraction of sp³-hybridized carbons (Fsp3) is 0.500. The Balaban J connectivity index is 3.18. The Labute approximate surface area is 119 Å². The van der Waals surface area contributed by atoms with Crippen molar-refractivity contribution < 1.29 is 26.2 Å². The van der Waals surface area contributed by atoms with Gasteiger partial charge in [-0.15, -0.1) is 0 Å². The lowest BCUT2D eigenvalue weighted by molar-refractivity contribution is 0.219. The lowest BCUT2D eigenvalue weighted by atomic mass is 10.2. The van der Waals surface area contributed by atoms with Gasteiger partial charge in [-0.1, -0.05) is 18.2 Å². The first-order valence-electron chi connectivity index (χ1n) is 6.15. The first-order chi connectivity index (χ1) is 9.38. The molecular weight excluding hydrogens is 303 g/mol. The molecule has 0 aliphatic rings. The van der Waals surface area contributed by atoms with Crippen molar-refractivity contribution in [1.29, 1.82) is 0 Å². The van der Waals surface area contributed by atoms with Crippen molar-refractivity contribution in [3.8, 4) is 0 Å². The summed E-state index contributed by atoms with van der Waals surface area (Å²) in [7, 11) is -6.15. The summed E-state index contributed by atoms with van der Waals surface area (Å²) in [5.41, 5.74) is 0.347. The third kappa shape index (κ3) is 4.40. The predicted molar refractivity (Wildman–Crippen MR) is 75.2 cm³/mol. The minimum absolute atomic E-state index is 0.0258. The highest BCUT2D eigenvalue weighted by molar-refractivity contribution is 7.86. The Morgan fingerprint density at radius 3 is 2.15 bits per heavy atom. The molecule has 6 nitrogen and oxygen atoms in total. The third-order valence-electron chi connectivity index (χ3n) is 2.48. The van der Waals surface area contributed by atoms with Gasteiger partial charge in [0.25, 0.3) is 10.1 Å². The van der Waals surface area contributed by atoms with Gasteiger partial charge in [0.05, 0.1) is 31.4 Å². The van der Waals surface area contributed by atoms with Gasteiger partial charge < -0.3 is 9.05 Å². The lowest BCUT2D eigenvalue weighted by Crippen LogP contribution is -2.08. The van der Waals surface area contributed by atoms with Crippen LogP contribution < -0.4 is 0 Å². The van der Waals surface area contributed by atoms with Gasteiger partial charge in [0.1, 0.15) is 0 Å². The summed E-state index contributed by atoms with van der Waals surface area (Å²) in [6.45, 7) is 3.83. The molecule has 0 amide bonds. The van der Waals surface area contributed by atoms with Crippen molar-refractivity contribution in [2.45, 2.75) is 24.9 Å². The summed E-state index contributed by atoms with van der Waals surface area (Å²) in [6, 6.07) is 6.20. The largest absolute Gasteiger partial charge is 0.335 e. The maximum Gasteiger partial charge on any atom is 0.335 e. The molecule has 0 bridgehead atoms. The molecule has 1 rings (SSSR count). The van der Waals surface area contributed by atoms with Gasteiger partial charge in [-0.2, -0.15) is 8.42 Å². The summed E-state index contributed by atoms with van der Waals surface area (Å²) in [5, 5.41) is 0. The maximum atomic E-state index is 12.5. The second-order valence-electron chi connectivity index (χ2n) is 3.83. The quantitative estimate of drug-likeness (QED) is 0.541. The molecule has 1 aromatic carbocycles. The summed E-state index contributed by atoms with van der Waals surface area (Å²) < 4.78 is 51.0. The van der Waals surface area contributed by atoms with E-state index in [2.05, 4.69) is 4.18 Å². The van der Waals surface area contributed by atoms with E-state index >= 15 is 0 Å². The van der Waals surface area contributed by atoms with E-state index in [1.807, 2.05) is 0 Å². The van der Waals surface area contributed by atoms with Gasteiger partial charge in [-0.25, -0.2) is 0 Å². The number of hydrogen-bond acceptors (Lipinski definition) is 6. The molecule has 0 unspecified atom stereocenters. The van der Waals surface area contributed by atoms with E-state index in [-0.39, 0.29) is 24.3 Å². The molecule has 0 aromatic heterocycles. The molecule has 0 aliphatic heterocycles. The molecule has 114 valence electrons. The highest BCUT2D eigenvalue weighted by atomic mass is 32.2. The number of hydrogen-bond donors (Lipinski definition) is 0. The Morgan fingerprint density at radius 1 is 1.10 bits per heavy atom. The molecule has 20 heavy (non-hydrogen) atoms. The minimum Gasteiger partial charge on any atom is -0.309 e. The van der Waals surface area contributed by atoms with Crippen molar-refractivity contribution >= 4 is 17.7 Å². The molecule has 0 saturated heterocycles. The number of rotatable bonds is 8. The van der Waals surface area contributed by atoms with Gasteiger partial charge in [0.2, 0.25) is 0 Å². The monoisotopic (exact) mass is 322 g/mol. The zero-order valence-electron chi connectivity index (χ0n) is 11.7. The van der Waals surface area contributed by atoms with Crippen LogP contribution in [0.1, 0.15) is 19.4 Å². The van der Waals surface area contributed by atoms with Crippen LogP contribution in [-0.4, -0.2) is 28.7 Å². The second kappa shape index (κ2) is 7.33. The molecular formula is C12H19O6PS. The van der Waals surface area contributed by atoms with Gasteiger partial charge in [0.15, 0.2) is 0 Å². The molecule has 0 aliphatic carbocycles. The second-order valence-corrected chi connectivity index (χ2v) is 7.57. The molecule has 0 radical (unpaired) electrons. The number of benzene rings is 1. The zero-order valence-corrected chi connectivity index (χ0v) is 13.4. The van der Waals surface area contributed by atoms with E-state index in [1.165, 1.54) is 6.07 Å². The molecule has 0 fully saturated rings. The summed E-state index contributed by atoms with van der Waals surface area (Å²) in [6.07, 6.45) is -0.118. The Hall–Kier alpha value is -0.720. The molecule has 0 N–H and O–H groups in total. The van der Waals surface area contributed by atoms with E-state index in [4.69, 9.17) is 9.05 Å². The van der Waals surface area contributed by atoms with Crippen LogP contribution in [0.2, 0.25) is 0 Å². The van der Waals surface area contributed by atoms with Gasteiger partial charge in [-0.3, -0.25) is 8.75 Å². The fourth-order valence-electron chi connectivity index (χ4n) is 1.70. The molecule has 0 atom stereocenters. The van der Waals surface area contributed by atoms with Crippen molar-refractivity contribution in [3.05, 3.63) is 29.8 Å². The zero-order chi connectivity index (χ0) is 15.2. The van der Waals surface area contributed by atoms with Gasteiger partial charge in [-0.05, 0) is 25.5 Å². The molecule has 0 saturated carbocycles. The van der Waals surface area contributed by atoms with Crippen molar-refractivity contribution in [3.63, 3.8) is 0 Å². The highest BCUT2D eigenvalue weighted by Gasteiger charge is 2.28. The smallest absolute Gasteiger partial charge is 0.309 e. The molecule has 1 aromatic rings. The van der Waals surface area contributed by atoms with Crippen molar-refractivity contribution in [2.75, 3.05) is 20.3 Å². The SMILES string of the molecule is CCOP(=O)(Cc1ccccc1S(=O)(=O)OC)OCC. The van der Waals surface area contributed by atoms with Crippen molar-refractivity contribution in [2.24, 2.45) is 0 Å². The standard InChI is InChI=1S/C12H19O6PS/c1-4-17-19(13,18-5-2)10-11-8-6-7-9-12(11)20(14,15)16-3/h6-9H,4-5,10H2,1-3H3. The van der Waals surface area contributed by atoms with E-state index in [0.717, 1.165) is 7.11 Å². The minimum atomic E-state index is -3.86. The van der Waals surface area contributed by atoms with Crippen LogP contribution in [0.25, 0.3) is 0 Å². The first kappa shape index (κ1) is 17.3. The van der Waals surface area contributed by atoms with E-state index in [9.17, 15) is 13.0 Å². The van der Waals surface area contributed by atoms with E-state index in [1.54, 1.807) is 32.0 Å². The average molecular weight is 322 g/mol. The maximum absolute atomic E-state index is 12.5. The predicted octanol–water partition coefficient (Wildman–Crippen LogP) is 2.79. The Bertz CT molecular complexity index is 573. The normalized spacial score (nSPS) is 12.6. The summed E-state index contributed by atoms with van der Waals surface area (Å²) in [4.78, 5) is -0.0258. The van der Waals surface area contributed by atoms with Gasteiger partial charge >= 0.3 is 7.60 Å².